The zero-order valence-electron chi connectivity index (χ0n) is 13.1. The van der Waals surface area contributed by atoms with Crippen molar-refractivity contribution in [3.05, 3.63) is 66.0 Å². The predicted molar refractivity (Wildman–Crippen MR) is 91.0 cm³/mol. The fourth-order valence-electron chi connectivity index (χ4n) is 3.20. The van der Waals surface area contributed by atoms with Crippen molar-refractivity contribution < 1.29 is 4.74 Å². The van der Waals surface area contributed by atoms with E-state index in [4.69, 9.17) is 4.74 Å². The van der Waals surface area contributed by atoms with Gasteiger partial charge in [-0.3, -0.25) is 0 Å². The summed E-state index contributed by atoms with van der Waals surface area (Å²) in [5.74, 6) is 0.903. The minimum atomic E-state index is 0.873. The van der Waals surface area contributed by atoms with Gasteiger partial charge in [-0.1, -0.05) is 24.3 Å². The van der Waals surface area contributed by atoms with E-state index in [2.05, 4.69) is 40.9 Å². The van der Waals surface area contributed by atoms with Crippen LogP contribution >= 0.6 is 0 Å². The minimum Gasteiger partial charge on any atom is -0.496 e. The first-order valence-corrected chi connectivity index (χ1v) is 7.87. The van der Waals surface area contributed by atoms with Crippen LogP contribution in [0.5, 0.6) is 5.75 Å². The third-order valence-corrected chi connectivity index (χ3v) is 4.36. The van der Waals surface area contributed by atoms with Gasteiger partial charge in [0.1, 0.15) is 5.75 Å². The second-order valence-electron chi connectivity index (χ2n) is 5.72. The zero-order chi connectivity index (χ0) is 15.6. The molecule has 1 N–H and O–H groups in total. The Balaban J connectivity index is 1.83. The second kappa shape index (κ2) is 5.89. The SMILES string of the molecule is COc1ccc2c(c1-c1cnn(-c3ccccc3)c1)CNCC2. The molecule has 3 aromatic rings. The Labute approximate surface area is 135 Å². The van der Waals surface area contributed by atoms with E-state index in [-0.39, 0.29) is 0 Å². The highest BCUT2D eigenvalue weighted by Crippen LogP contribution is 2.36. The number of rotatable bonds is 3. The Kier molecular flexibility index (Phi) is 3.60. The molecule has 1 aliphatic rings. The lowest BCUT2D eigenvalue weighted by molar-refractivity contribution is 0.415. The summed E-state index contributed by atoms with van der Waals surface area (Å²) in [6, 6.07) is 14.4. The first-order valence-electron chi connectivity index (χ1n) is 7.87. The van der Waals surface area contributed by atoms with Crippen LogP contribution in [0, 0.1) is 0 Å². The van der Waals surface area contributed by atoms with Gasteiger partial charge in [0.2, 0.25) is 0 Å². The second-order valence-corrected chi connectivity index (χ2v) is 5.72. The van der Waals surface area contributed by atoms with Gasteiger partial charge in [0.25, 0.3) is 0 Å². The number of methoxy groups -OCH3 is 1. The molecule has 23 heavy (non-hydrogen) atoms. The van der Waals surface area contributed by atoms with Gasteiger partial charge in [-0.05, 0) is 42.3 Å². The minimum absolute atomic E-state index is 0.873. The normalized spacial score (nSPS) is 13.6. The lowest BCUT2D eigenvalue weighted by atomic mass is 9.92. The molecule has 0 amide bonds. The van der Waals surface area contributed by atoms with E-state index in [0.717, 1.165) is 42.1 Å². The van der Waals surface area contributed by atoms with Crippen molar-refractivity contribution in [2.75, 3.05) is 13.7 Å². The largest absolute Gasteiger partial charge is 0.496 e. The van der Waals surface area contributed by atoms with Gasteiger partial charge >= 0.3 is 0 Å². The summed E-state index contributed by atoms with van der Waals surface area (Å²) in [5.41, 5.74) is 6.02. The van der Waals surface area contributed by atoms with Gasteiger partial charge in [-0.2, -0.15) is 5.10 Å². The summed E-state index contributed by atoms with van der Waals surface area (Å²) in [7, 11) is 1.73. The summed E-state index contributed by atoms with van der Waals surface area (Å²) in [6.07, 6.45) is 5.04. The molecular formula is C19H19N3O. The molecule has 4 heteroatoms. The summed E-state index contributed by atoms with van der Waals surface area (Å²) >= 11 is 0. The smallest absolute Gasteiger partial charge is 0.127 e. The van der Waals surface area contributed by atoms with Gasteiger partial charge < -0.3 is 10.1 Å². The molecule has 0 spiro atoms. The van der Waals surface area contributed by atoms with E-state index in [9.17, 15) is 0 Å². The summed E-state index contributed by atoms with van der Waals surface area (Å²) < 4.78 is 7.52. The molecule has 0 fully saturated rings. The van der Waals surface area contributed by atoms with Crippen LogP contribution in [0.4, 0.5) is 0 Å². The van der Waals surface area contributed by atoms with E-state index in [1.54, 1.807) is 7.11 Å². The van der Waals surface area contributed by atoms with Crippen LogP contribution in [0.3, 0.4) is 0 Å². The van der Waals surface area contributed by atoms with Crippen LogP contribution in [0.15, 0.2) is 54.9 Å². The summed E-state index contributed by atoms with van der Waals surface area (Å²) in [4.78, 5) is 0. The molecule has 116 valence electrons. The van der Waals surface area contributed by atoms with Crippen LogP contribution in [0.2, 0.25) is 0 Å². The third kappa shape index (κ3) is 2.51. The van der Waals surface area contributed by atoms with Gasteiger partial charge in [0.05, 0.1) is 19.0 Å². The molecular weight excluding hydrogens is 286 g/mol. The maximum Gasteiger partial charge on any atom is 0.127 e. The number of hydrogen-bond donors (Lipinski definition) is 1. The Bertz CT molecular complexity index is 824. The average Bonchev–Trinajstić information content (AvgIpc) is 3.11. The van der Waals surface area contributed by atoms with Gasteiger partial charge in [0, 0.05) is 23.9 Å². The maximum absolute atomic E-state index is 5.62. The molecule has 1 aromatic heterocycles. The molecule has 0 atom stereocenters. The highest BCUT2D eigenvalue weighted by atomic mass is 16.5. The fraction of sp³-hybridized carbons (Fsp3) is 0.211. The molecule has 0 unspecified atom stereocenters. The Hall–Kier alpha value is -2.59. The number of nitrogens with zero attached hydrogens (tertiary/aromatic N) is 2. The fourth-order valence-corrected chi connectivity index (χ4v) is 3.20. The predicted octanol–water partition coefficient (Wildman–Crippen LogP) is 3.19. The first-order chi connectivity index (χ1) is 11.4. The first kappa shape index (κ1) is 14.0. The lowest BCUT2D eigenvalue weighted by Gasteiger charge is -2.22. The molecule has 2 aromatic carbocycles. The zero-order valence-corrected chi connectivity index (χ0v) is 13.1. The van der Waals surface area contributed by atoms with Crippen molar-refractivity contribution in [2.24, 2.45) is 0 Å². The van der Waals surface area contributed by atoms with Crippen LogP contribution in [-0.4, -0.2) is 23.4 Å². The summed E-state index contributed by atoms with van der Waals surface area (Å²) in [6.45, 7) is 1.90. The lowest BCUT2D eigenvalue weighted by Crippen LogP contribution is -2.24. The Morgan fingerprint density at radius 3 is 2.83 bits per heavy atom. The number of nitrogens with one attached hydrogen (secondary N) is 1. The molecule has 2 heterocycles. The molecule has 0 saturated heterocycles. The third-order valence-electron chi connectivity index (χ3n) is 4.36. The topological polar surface area (TPSA) is 39.1 Å². The molecule has 1 aliphatic heterocycles. The van der Waals surface area contributed by atoms with E-state index < -0.39 is 0 Å². The average molecular weight is 305 g/mol. The maximum atomic E-state index is 5.62. The molecule has 0 saturated carbocycles. The highest BCUT2D eigenvalue weighted by molar-refractivity contribution is 5.75. The molecule has 0 bridgehead atoms. The van der Waals surface area contributed by atoms with E-state index in [0.29, 0.717) is 0 Å². The van der Waals surface area contributed by atoms with Crippen LogP contribution in [0.1, 0.15) is 11.1 Å². The Morgan fingerprint density at radius 2 is 2.00 bits per heavy atom. The summed E-state index contributed by atoms with van der Waals surface area (Å²) in [5, 5.41) is 7.99. The number of ether oxygens (including phenoxy) is 1. The quantitative estimate of drug-likeness (QED) is 0.807. The van der Waals surface area contributed by atoms with Crippen molar-refractivity contribution in [2.45, 2.75) is 13.0 Å². The number of para-hydroxylation sites is 1. The molecule has 4 rings (SSSR count). The van der Waals surface area contributed by atoms with Crippen molar-refractivity contribution in [1.82, 2.24) is 15.1 Å². The van der Waals surface area contributed by atoms with Crippen molar-refractivity contribution in [1.29, 1.82) is 0 Å². The van der Waals surface area contributed by atoms with Crippen LogP contribution in [0.25, 0.3) is 16.8 Å². The van der Waals surface area contributed by atoms with Crippen LogP contribution < -0.4 is 10.1 Å². The molecule has 0 radical (unpaired) electrons. The van der Waals surface area contributed by atoms with Gasteiger partial charge in [-0.15, -0.1) is 0 Å². The Morgan fingerprint density at radius 1 is 1.13 bits per heavy atom. The monoisotopic (exact) mass is 305 g/mol. The van der Waals surface area contributed by atoms with Gasteiger partial charge in [-0.25, -0.2) is 4.68 Å². The molecule has 0 aliphatic carbocycles. The van der Waals surface area contributed by atoms with Crippen LogP contribution in [-0.2, 0) is 13.0 Å². The van der Waals surface area contributed by atoms with E-state index >= 15 is 0 Å². The number of fused-ring (bicyclic) bond motifs is 1. The number of hydrogen-bond acceptors (Lipinski definition) is 3. The number of benzene rings is 2. The highest BCUT2D eigenvalue weighted by Gasteiger charge is 2.19. The van der Waals surface area contributed by atoms with E-state index in [1.165, 1.54) is 11.1 Å². The van der Waals surface area contributed by atoms with E-state index in [1.807, 2.05) is 29.1 Å². The van der Waals surface area contributed by atoms with Gasteiger partial charge in [0.15, 0.2) is 0 Å². The molecule has 4 nitrogen and oxygen atoms in total. The van der Waals surface area contributed by atoms with Crippen molar-refractivity contribution >= 4 is 0 Å². The van der Waals surface area contributed by atoms with Crippen molar-refractivity contribution in [3.8, 4) is 22.6 Å². The standard InChI is InChI=1S/C19H19N3O/c1-23-18-8-7-14-9-10-20-12-17(14)19(18)15-11-21-22(13-15)16-5-3-2-4-6-16/h2-8,11,13,20H,9-10,12H2,1H3. The number of aromatic nitrogens is 2. The van der Waals surface area contributed by atoms with Crippen molar-refractivity contribution in [3.63, 3.8) is 0 Å².